The highest BCUT2D eigenvalue weighted by Crippen LogP contribution is 1.83. The first-order valence-electron chi connectivity index (χ1n) is 5.20. The van der Waals surface area contributed by atoms with Crippen molar-refractivity contribution in [2.75, 3.05) is 47.4 Å². The number of nitrogens with one attached hydrogen (secondary N) is 2. The molecule has 0 saturated heterocycles. The molecule has 0 aliphatic carbocycles. The number of amides is 1. The molecule has 0 radical (unpaired) electrons. The van der Waals surface area contributed by atoms with Gasteiger partial charge in [0.2, 0.25) is 5.91 Å². The normalized spacial score (nSPS) is 12.9. The lowest BCUT2D eigenvalue weighted by Gasteiger charge is -2.17. The Morgan fingerprint density at radius 2 is 2.13 bits per heavy atom. The first-order valence-corrected chi connectivity index (χ1v) is 5.20. The van der Waals surface area contributed by atoms with Crippen LogP contribution < -0.4 is 10.6 Å². The Hall–Kier alpha value is -0.650. The van der Waals surface area contributed by atoms with Crippen molar-refractivity contribution < 1.29 is 9.53 Å². The molecular formula is C10H23N3O2. The van der Waals surface area contributed by atoms with Gasteiger partial charge in [0.05, 0.1) is 13.2 Å². The van der Waals surface area contributed by atoms with Crippen LogP contribution in [0.4, 0.5) is 0 Å². The summed E-state index contributed by atoms with van der Waals surface area (Å²) in [5.74, 6) is 0.0117. The summed E-state index contributed by atoms with van der Waals surface area (Å²) in [4.78, 5) is 13.3. The number of carbonyl (C=O) groups excluding carboxylic acids is 1. The minimum absolute atomic E-state index is 0.0117. The molecular weight excluding hydrogens is 194 g/mol. The fourth-order valence-corrected chi connectivity index (χ4v) is 1.23. The van der Waals surface area contributed by atoms with Gasteiger partial charge in [0, 0.05) is 26.2 Å². The molecule has 1 atom stereocenters. The lowest BCUT2D eigenvalue weighted by Crippen LogP contribution is -2.42. The van der Waals surface area contributed by atoms with E-state index in [1.165, 1.54) is 0 Å². The minimum Gasteiger partial charge on any atom is -0.383 e. The van der Waals surface area contributed by atoms with Crippen LogP contribution in [0.25, 0.3) is 0 Å². The molecule has 0 rings (SSSR count). The maximum atomic E-state index is 11.3. The molecule has 0 aromatic rings. The number of hydrogen-bond donors (Lipinski definition) is 2. The van der Waals surface area contributed by atoms with E-state index < -0.39 is 0 Å². The van der Waals surface area contributed by atoms with Crippen molar-refractivity contribution in [3.63, 3.8) is 0 Å². The van der Waals surface area contributed by atoms with Crippen molar-refractivity contribution in [1.29, 1.82) is 0 Å². The Labute approximate surface area is 92.2 Å². The second kappa shape index (κ2) is 8.64. The quantitative estimate of drug-likeness (QED) is 0.527. The van der Waals surface area contributed by atoms with Crippen molar-refractivity contribution in [2.24, 2.45) is 0 Å². The molecule has 1 unspecified atom stereocenters. The second-order valence-electron chi connectivity index (χ2n) is 3.89. The third-order valence-corrected chi connectivity index (χ3v) is 1.88. The van der Waals surface area contributed by atoms with E-state index in [4.69, 9.17) is 4.74 Å². The maximum Gasteiger partial charge on any atom is 0.234 e. The number of carbonyl (C=O) groups is 1. The first kappa shape index (κ1) is 14.3. The van der Waals surface area contributed by atoms with Crippen LogP contribution in [-0.2, 0) is 9.53 Å². The Bertz CT molecular complexity index is 174. The highest BCUT2D eigenvalue weighted by molar-refractivity contribution is 5.77. The molecule has 0 aliphatic rings. The van der Waals surface area contributed by atoms with Gasteiger partial charge in [0.1, 0.15) is 0 Å². The van der Waals surface area contributed by atoms with Gasteiger partial charge in [-0.1, -0.05) is 0 Å². The molecule has 15 heavy (non-hydrogen) atoms. The number of ether oxygens (including phenoxy) is 1. The van der Waals surface area contributed by atoms with Gasteiger partial charge in [-0.2, -0.15) is 0 Å². The molecule has 0 saturated carbocycles. The second-order valence-corrected chi connectivity index (χ2v) is 3.89. The van der Waals surface area contributed by atoms with E-state index in [2.05, 4.69) is 22.5 Å². The van der Waals surface area contributed by atoms with Crippen LogP contribution in [-0.4, -0.2) is 64.3 Å². The summed E-state index contributed by atoms with van der Waals surface area (Å²) in [6, 6.07) is 0.313. The number of nitrogens with zero attached hydrogens (tertiary/aromatic N) is 1. The topological polar surface area (TPSA) is 53.6 Å². The molecule has 0 heterocycles. The highest BCUT2D eigenvalue weighted by Gasteiger charge is 2.05. The van der Waals surface area contributed by atoms with Gasteiger partial charge in [0.15, 0.2) is 0 Å². The Morgan fingerprint density at radius 1 is 1.47 bits per heavy atom. The van der Waals surface area contributed by atoms with Crippen molar-refractivity contribution in [2.45, 2.75) is 13.0 Å². The van der Waals surface area contributed by atoms with Gasteiger partial charge >= 0.3 is 0 Å². The van der Waals surface area contributed by atoms with Crippen LogP contribution in [0, 0.1) is 0 Å². The molecule has 0 aromatic carbocycles. The Morgan fingerprint density at radius 3 is 2.67 bits per heavy atom. The molecule has 0 spiro atoms. The van der Waals surface area contributed by atoms with E-state index in [1.807, 2.05) is 14.1 Å². The number of hydrogen-bond acceptors (Lipinski definition) is 4. The zero-order valence-electron chi connectivity index (χ0n) is 10.2. The molecule has 0 fully saturated rings. The summed E-state index contributed by atoms with van der Waals surface area (Å²) in [7, 11) is 5.64. The van der Waals surface area contributed by atoms with Gasteiger partial charge in [0.25, 0.3) is 0 Å². The molecule has 0 aromatic heterocycles. The minimum atomic E-state index is 0.0117. The SMILES string of the molecule is COCCNC(=O)CNC(C)CN(C)C. The molecule has 5 heteroatoms. The van der Waals surface area contributed by atoms with Gasteiger partial charge in [-0.05, 0) is 21.0 Å². The molecule has 1 amide bonds. The third-order valence-electron chi connectivity index (χ3n) is 1.88. The summed E-state index contributed by atoms with van der Waals surface area (Å²) in [6.45, 7) is 4.46. The zero-order valence-corrected chi connectivity index (χ0v) is 10.2. The van der Waals surface area contributed by atoms with Crippen LogP contribution in [0.3, 0.4) is 0 Å². The predicted octanol–water partition coefficient (Wildman–Crippen LogP) is -0.711. The highest BCUT2D eigenvalue weighted by atomic mass is 16.5. The largest absolute Gasteiger partial charge is 0.383 e. The number of rotatable bonds is 8. The molecule has 0 bridgehead atoms. The Balaban J connectivity index is 3.44. The summed E-state index contributed by atoms with van der Waals surface area (Å²) in [6.07, 6.45) is 0. The van der Waals surface area contributed by atoms with E-state index in [0.717, 1.165) is 6.54 Å². The Kier molecular flexibility index (Phi) is 8.27. The monoisotopic (exact) mass is 217 g/mol. The fraction of sp³-hybridized carbons (Fsp3) is 0.900. The van der Waals surface area contributed by atoms with Gasteiger partial charge < -0.3 is 20.3 Å². The van der Waals surface area contributed by atoms with Gasteiger partial charge in [-0.15, -0.1) is 0 Å². The summed E-state index contributed by atoms with van der Waals surface area (Å²) in [5, 5.41) is 5.90. The van der Waals surface area contributed by atoms with Crippen LogP contribution in [0.5, 0.6) is 0 Å². The van der Waals surface area contributed by atoms with Crippen molar-refractivity contribution in [3.05, 3.63) is 0 Å². The van der Waals surface area contributed by atoms with E-state index in [1.54, 1.807) is 7.11 Å². The fourth-order valence-electron chi connectivity index (χ4n) is 1.23. The maximum absolute atomic E-state index is 11.3. The van der Waals surface area contributed by atoms with Crippen LogP contribution in [0.15, 0.2) is 0 Å². The number of likely N-dealkylation sites (N-methyl/N-ethyl adjacent to an activating group) is 1. The molecule has 2 N–H and O–H groups in total. The van der Waals surface area contributed by atoms with Crippen molar-refractivity contribution in [3.8, 4) is 0 Å². The smallest absolute Gasteiger partial charge is 0.234 e. The average molecular weight is 217 g/mol. The zero-order chi connectivity index (χ0) is 11.7. The van der Waals surface area contributed by atoms with Crippen molar-refractivity contribution in [1.82, 2.24) is 15.5 Å². The van der Waals surface area contributed by atoms with E-state index in [0.29, 0.717) is 25.7 Å². The predicted molar refractivity (Wildman–Crippen MR) is 60.9 cm³/mol. The number of methoxy groups -OCH3 is 1. The molecule has 0 aliphatic heterocycles. The van der Waals surface area contributed by atoms with Crippen molar-refractivity contribution >= 4 is 5.91 Å². The van der Waals surface area contributed by atoms with E-state index >= 15 is 0 Å². The van der Waals surface area contributed by atoms with Gasteiger partial charge in [-0.3, -0.25) is 4.79 Å². The van der Waals surface area contributed by atoms with Crippen LogP contribution in [0.1, 0.15) is 6.92 Å². The average Bonchev–Trinajstić information content (AvgIpc) is 2.14. The van der Waals surface area contributed by atoms with E-state index in [9.17, 15) is 4.79 Å². The first-order chi connectivity index (χ1) is 7.06. The molecule has 5 nitrogen and oxygen atoms in total. The summed E-state index contributed by atoms with van der Waals surface area (Å²) >= 11 is 0. The lowest BCUT2D eigenvalue weighted by atomic mass is 10.3. The van der Waals surface area contributed by atoms with Crippen LogP contribution in [0.2, 0.25) is 0 Å². The third kappa shape index (κ3) is 9.65. The lowest BCUT2D eigenvalue weighted by molar-refractivity contribution is -0.120. The van der Waals surface area contributed by atoms with Crippen LogP contribution >= 0.6 is 0 Å². The van der Waals surface area contributed by atoms with Gasteiger partial charge in [-0.25, -0.2) is 0 Å². The summed E-state index contributed by atoms with van der Waals surface area (Å²) in [5.41, 5.74) is 0. The molecule has 90 valence electrons. The van der Waals surface area contributed by atoms with E-state index in [-0.39, 0.29) is 5.91 Å². The standard InChI is InChI=1S/C10H23N3O2/c1-9(8-13(2)3)12-7-10(14)11-5-6-15-4/h9,12H,5-8H2,1-4H3,(H,11,14). The summed E-state index contributed by atoms with van der Waals surface area (Å²) < 4.78 is 4.83.